The van der Waals surface area contributed by atoms with Crippen LogP contribution in [0.5, 0.6) is 0 Å². The molecule has 0 saturated carbocycles. The van der Waals surface area contributed by atoms with Crippen molar-refractivity contribution in [2.75, 3.05) is 18.0 Å². The number of ether oxygens (including phenoxy) is 1. The highest BCUT2D eigenvalue weighted by atomic mass is 32.2. The first-order valence-electron chi connectivity index (χ1n) is 10.8. The lowest BCUT2D eigenvalue weighted by Crippen LogP contribution is -2.38. The van der Waals surface area contributed by atoms with E-state index in [1.54, 1.807) is 54.6 Å². The number of aromatic nitrogens is 1. The number of benzene rings is 3. The summed E-state index contributed by atoms with van der Waals surface area (Å²) in [5.41, 5.74) is 1.96. The molecule has 0 atom stereocenters. The summed E-state index contributed by atoms with van der Waals surface area (Å²) in [4.78, 5) is 25.9. The monoisotopic (exact) mass is 476 g/mol. The minimum absolute atomic E-state index is 0.0846. The Bertz CT molecular complexity index is 1460. The Hall–Kier alpha value is -3.91. The Morgan fingerprint density at radius 1 is 0.912 bits per heavy atom. The Morgan fingerprint density at radius 3 is 2.26 bits per heavy atom. The van der Waals surface area contributed by atoms with Crippen molar-refractivity contribution in [3.05, 3.63) is 96.2 Å². The number of methoxy groups -OCH3 is 1. The topological polar surface area (TPSA) is 85.7 Å². The van der Waals surface area contributed by atoms with Crippen molar-refractivity contribution in [1.82, 2.24) is 4.57 Å². The van der Waals surface area contributed by atoms with Gasteiger partial charge in [0.15, 0.2) is 0 Å². The summed E-state index contributed by atoms with van der Waals surface area (Å²) in [6.45, 7) is 1.48. The lowest BCUT2D eigenvalue weighted by Gasteiger charge is -2.26. The van der Waals surface area contributed by atoms with Gasteiger partial charge < -0.3 is 4.74 Å². The number of esters is 1. The van der Waals surface area contributed by atoms with Crippen LogP contribution in [-0.2, 0) is 21.2 Å². The van der Waals surface area contributed by atoms with Gasteiger partial charge in [-0.15, -0.1) is 0 Å². The number of rotatable bonds is 7. The number of fused-ring (bicyclic) bond motifs is 1. The van der Waals surface area contributed by atoms with Gasteiger partial charge in [0.05, 0.1) is 28.8 Å². The van der Waals surface area contributed by atoms with Crippen molar-refractivity contribution >= 4 is 38.5 Å². The van der Waals surface area contributed by atoms with Crippen LogP contribution in [0.25, 0.3) is 10.9 Å². The van der Waals surface area contributed by atoms with E-state index in [0.717, 1.165) is 9.87 Å². The number of hydrogen-bond donors (Lipinski definition) is 0. The summed E-state index contributed by atoms with van der Waals surface area (Å²) >= 11 is 0. The molecule has 0 bridgehead atoms. The molecule has 1 aromatic heterocycles. The number of para-hydroxylation sites is 2. The first-order chi connectivity index (χ1) is 16.4. The molecule has 1 heterocycles. The average molecular weight is 477 g/mol. The van der Waals surface area contributed by atoms with E-state index in [-0.39, 0.29) is 10.5 Å². The minimum atomic E-state index is -4.05. The first kappa shape index (κ1) is 23.3. The van der Waals surface area contributed by atoms with Crippen LogP contribution in [0.15, 0.2) is 90.0 Å². The molecule has 8 heteroatoms. The molecule has 7 nitrogen and oxygen atoms in total. The van der Waals surface area contributed by atoms with Crippen LogP contribution < -0.4 is 4.31 Å². The van der Waals surface area contributed by atoms with Crippen molar-refractivity contribution in [1.29, 1.82) is 0 Å². The number of hydrogen-bond acceptors (Lipinski definition) is 5. The molecule has 174 valence electrons. The largest absolute Gasteiger partial charge is 0.465 e. The van der Waals surface area contributed by atoms with Crippen LogP contribution in [-0.4, -0.2) is 38.5 Å². The molecule has 0 radical (unpaired) electrons. The highest BCUT2D eigenvalue weighted by Crippen LogP contribution is 2.29. The summed E-state index contributed by atoms with van der Waals surface area (Å²) < 4.78 is 34.7. The van der Waals surface area contributed by atoms with Gasteiger partial charge in [0.25, 0.3) is 15.9 Å². The minimum Gasteiger partial charge on any atom is -0.465 e. The third-order valence-electron chi connectivity index (χ3n) is 5.64. The molecular formula is C26H24N2O5S. The summed E-state index contributed by atoms with van der Waals surface area (Å²) in [7, 11) is -2.78. The molecule has 0 aliphatic rings. The Labute approximate surface area is 198 Å². The lowest BCUT2D eigenvalue weighted by molar-refractivity contribution is 0.0603. The zero-order valence-electron chi connectivity index (χ0n) is 18.8. The van der Waals surface area contributed by atoms with Gasteiger partial charge in [-0.05, 0) is 36.2 Å². The second kappa shape index (κ2) is 9.52. The second-order valence-electron chi connectivity index (χ2n) is 7.62. The molecular weight excluding hydrogens is 452 g/mol. The van der Waals surface area contributed by atoms with Crippen LogP contribution in [0.1, 0.15) is 27.6 Å². The molecule has 34 heavy (non-hydrogen) atoms. The number of carbonyl (C=O) groups excluding carboxylic acids is 2. The third kappa shape index (κ3) is 4.20. The maximum atomic E-state index is 13.7. The van der Waals surface area contributed by atoms with Gasteiger partial charge in [0.2, 0.25) is 0 Å². The van der Waals surface area contributed by atoms with Gasteiger partial charge in [-0.1, -0.05) is 61.5 Å². The smallest absolute Gasteiger partial charge is 0.340 e. The lowest BCUT2D eigenvalue weighted by atomic mass is 10.1. The summed E-state index contributed by atoms with van der Waals surface area (Å²) in [6, 6.07) is 22.1. The highest BCUT2D eigenvalue weighted by molar-refractivity contribution is 7.92. The fraction of sp³-hybridized carbons (Fsp3) is 0.154. The standard InChI is InChI=1S/C26H24N2O5S/c1-3-19-11-7-9-15-23(19)28(34(31,32)20-12-5-4-6-13-20)18-25(29)27-17-22(26(30)33-2)21-14-8-10-16-24(21)27/h4-17H,3,18H2,1-2H3. The van der Waals surface area contributed by atoms with Gasteiger partial charge in [0.1, 0.15) is 6.54 Å². The van der Waals surface area contributed by atoms with E-state index < -0.39 is 28.4 Å². The SMILES string of the molecule is CCc1ccccc1N(CC(=O)n1cc(C(=O)OC)c2ccccc21)S(=O)(=O)c1ccccc1. The van der Waals surface area contributed by atoms with Gasteiger partial charge in [-0.2, -0.15) is 0 Å². The Morgan fingerprint density at radius 2 is 1.56 bits per heavy atom. The zero-order valence-corrected chi connectivity index (χ0v) is 19.7. The Balaban J connectivity index is 1.84. The van der Waals surface area contributed by atoms with E-state index in [1.165, 1.54) is 30.0 Å². The van der Waals surface area contributed by atoms with Gasteiger partial charge >= 0.3 is 5.97 Å². The predicted molar refractivity (Wildman–Crippen MR) is 131 cm³/mol. The maximum Gasteiger partial charge on any atom is 0.340 e. The highest BCUT2D eigenvalue weighted by Gasteiger charge is 2.30. The fourth-order valence-corrected chi connectivity index (χ4v) is 5.40. The zero-order chi connectivity index (χ0) is 24.3. The van der Waals surface area contributed by atoms with Crippen molar-refractivity contribution in [2.45, 2.75) is 18.2 Å². The summed E-state index contributed by atoms with van der Waals surface area (Å²) in [5, 5.41) is 0.550. The predicted octanol–water partition coefficient (Wildman–Crippen LogP) is 4.53. The number of sulfonamides is 1. The van der Waals surface area contributed by atoms with E-state index in [9.17, 15) is 18.0 Å². The van der Waals surface area contributed by atoms with Crippen molar-refractivity contribution in [2.24, 2.45) is 0 Å². The number of carbonyl (C=O) groups is 2. The number of anilines is 1. The quantitative estimate of drug-likeness (QED) is 0.366. The number of aryl methyl sites for hydroxylation is 1. The van der Waals surface area contributed by atoms with Crippen molar-refractivity contribution < 1.29 is 22.7 Å². The molecule has 0 unspecified atom stereocenters. The fourth-order valence-electron chi connectivity index (χ4n) is 3.93. The van der Waals surface area contributed by atoms with Gasteiger partial charge in [0, 0.05) is 11.6 Å². The normalized spacial score (nSPS) is 11.4. The Kier molecular flexibility index (Phi) is 6.51. The van der Waals surface area contributed by atoms with Crippen LogP contribution >= 0.6 is 0 Å². The van der Waals surface area contributed by atoms with E-state index >= 15 is 0 Å². The van der Waals surface area contributed by atoms with Crippen molar-refractivity contribution in [3.63, 3.8) is 0 Å². The number of nitrogens with zero attached hydrogens (tertiary/aromatic N) is 2. The molecule has 4 rings (SSSR count). The van der Waals surface area contributed by atoms with Crippen LogP contribution in [0, 0.1) is 0 Å². The van der Waals surface area contributed by atoms with E-state index in [2.05, 4.69) is 0 Å². The third-order valence-corrected chi connectivity index (χ3v) is 7.41. The average Bonchev–Trinajstić information content (AvgIpc) is 3.27. The van der Waals surface area contributed by atoms with E-state index in [1.807, 2.05) is 19.1 Å². The molecule has 0 spiro atoms. The first-order valence-corrected chi connectivity index (χ1v) is 12.2. The maximum absolute atomic E-state index is 13.7. The molecule has 4 aromatic rings. The van der Waals surface area contributed by atoms with Crippen LogP contribution in [0.3, 0.4) is 0 Å². The van der Waals surface area contributed by atoms with Gasteiger partial charge in [-0.3, -0.25) is 13.7 Å². The van der Waals surface area contributed by atoms with Crippen LogP contribution in [0.2, 0.25) is 0 Å². The molecule has 3 aromatic carbocycles. The van der Waals surface area contributed by atoms with E-state index in [0.29, 0.717) is 23.0 Å². The van der Waals surface area contributed by atoms with Gasteiger partial charge in [-0.25, -0.2) is 13.2 Å². The molecule has 0 aliphatic heterocycles. The molecule has 0 fully saturated rings. The molecule has 0 N–H and O–H groups in total. The summed E-state index contributed by atoms with van der Waals surface area (Å²) in [6.07, 6.45) is 1.99. The molecule has 0 aliphatic carbocycles. The van der Waals surface area contributed by atoms with E-state index in [4.69, 9.17) is 4.74 Å². The van der Waals surface area contributed by atoms with Crippen LogP contribution in [0.4, 0.5) is 5.69 Å². The second-order valence-corrected chi connectivity index (χ2v) is 9.48. The molecule has 0 saturated heterocycles. The van der Waals surface area contributed by atoms with Crippen molar-refractivity contribution in [3.8, 4) is 0 Å². The molecule has 0 amide bonds. The summed E-state index contributed by atoms with van der Waals surface area (Å²) in [5.74, 6) is -1.08.